The van der Waals surface area contributed by atoms with E-state index >= 15 is 0 Å². The Kier molecular flexibility index (Phi) is 4.98. The second kappa shape index (κ2) is 6.73. The zero-order chi connectivity index (χ0) is 15.4. The molecule has 21 heavy (non-hydrogen) atoms. The van der Waals surface area contributed by atoms with Crippen LogP contribution in [0.25, 0.3) is 0 Å². The molecule has 0 bridgehead atoms. The fourth-order valence-electron chi connectivity index (χ4n) is 1.70. The lowest BCUT2D eigenvalue weighted by Gasteiger charge is -2.06. The number of rotatable bonds is 5. The highest BCUT2D eigenvalue weighted by atomic mass is 79.9. The van der Waals surface area contributed by atoms with Crippen LogP contribution in [0.5, 0.6) is 0 Å². The molecule has 7 heteroatoms. The van der Waals surface area contributed by atoms with Gasteiger partial charge in [-0.1, -0.05) is 18.2 Å². The fourth-order valence-corrected chi connectivity index (χ4v) is 3.38. The van der Waals surface area contributed by atoms with Crippen LogP contribution in [0.2, 0.25) is 0 Å². The number of hydrogen-bond acceptors (Lipinski definition) is 4. The van der Waals surface area contributed by atoms with Gasteiger partial charge in [0, 0.05) is 16.7 Å². The smallest absolute Gasteiger partial charge is 0.335 e. The van der Waals surface area contributed by atoms with Crippen LogP contribution in [0, 0.1) is 10.1 Å². The molecular formula is C14H10BrNO4S. The number of carboxylic acids is 1. The molecule has 0 unspecified atom stereocenters. The molecule has 0 radical (unpaired) electrons. The van der Waals surface area contributed by atoms with Crippen LogP contribution in [0.1, 0.15) is 15.9 Å². The van der Waals surface area contributed by atoms with Gasteiger partial charge in [-0.05, 0) is 39.7 Å². The molecule has 0 fully saturated rings. The van der Waals surface area contributed by atoms with Gasteiger partial charge in [0.25, 0.3) is 5.69 Å². The van der Waals surface area contributed by atoms with E-state index in [-0.39, 0.29) is 11.3 Å². The maximum Gasteiger partial charge on any atom is 0.335 e. The molecule has 0 aliphatic heterocycles. The first-order chi connectivity index (χ1) is 9.99. The molecule has 2 aromatic carbocycles. The average molecular weight is 368 g/mol. The highest BCUT2D eigenvalue weighted by Crippen LogP contribution is 2.32. The summed E-state index contributed by atoms with van der Waals surface area (Å²) in [5, 5.41) is 19.8. The van der Waals surface area contributed by atoms with Gasteiger partial charge in [0.1, 0.15) is 0 Å². The summed E-state index contributed by atoms with van der Waals surface area (Å²) in [6.07, 6.45) is 0. The van der Waals surface area contributed by atoms with Crippen molar-refractivity contribution in [1.82, 2.24) is 0 Å². The molecule has 2 rings (SSSR count). The maximum atomic E-state index is 10.9. The molecule has 1 N–H and O–H groups in total. The predicted molar refractivity (Wildman–Crippen MR) is 83.8 cm³/mol. The second-order valence-electron chi connectivity index (χ2n) is 4.13. The fraction of sp³-hybridized carbons (Fsp3) is 0.0714. The number of carboxylic acid groups (broad SMARTS) is 1. The van der Waals surface area contributed by atoms with Crippen molar-refractivity contribution >= 4 is 39.3 Å². The molecule has 0 aliphatic carbocycles. The lowest BCUT2D eigenvalue weighted by Crippen LogP contribution is -1.95. The van der Waals surface area contributed by atoms with Crippen LogP contribution in [0.3, 0.4) is 0 Å². The number of halogens is 1. The van der Waals surface area contributed by atoms with Crippen molar-refractivity contribution in [3.05, 3.63) is 68.2 Å². The number of nitro benzene ring substituents is 1. The molecule has 0 saturated heterocycles. The van der Waals surface area contributed by atoms with Crippen LogP contribution in [0.4, 0.5) is 5.69 Å². The molecule has 5 nitrogen and oxygen atoms in total. The first-order valence-electron chi connectivity index (χ1n) is 5.87. The summed E-state index contributed by atoms with van der Waals surface area (Å²) in [7, 11) is 0. The van der Waals surface area contributed by atoms with Gasteiger partial charge in [-0.15, -0.1) is 11.8 Å². The lowest BCUT2D eigenvalue weighted by atomic mass is 10.2. The van der Waals surface area contributed by atoms with E-state index in [0.29, 0.717) is 10.2 Å². The van der Waals surface area contributed by atoms with Gasteiger partial charge < -0.3 is 5.11 Å². The molecular weight excluding hydrogens is 358 g/mol. The van der Waals surface area contributed by atoms with E-state index in [9.17, 15) is 14.9 Å². The third kappa shape index (κ3) is 3.83. The minimum atomic E-state index is -0.978. The van der Waals surface area contributed by atoms with Crippen molar-refractivity contribution < 1.29 is 14.8 Å². The Hall–Kier alpha value is -1.86. The standard InChI is InChI=1S/C14H10BrNO4S/c15-13-10(4-2-6-12(13)16(19)20)8-21-11-5-1-3-9(7-11)14(17)18/h1-7H,8H2,(H,17,18). The summed E-state index contributed by atoms with van der Waals surface area (Å²) < 4.78 is 0.455. The van der Waals surface area contributed by atoms with Crippen molar-refractivity contribution in [2.24, 2.45) is 0 Å². The van der Waals surface area contributed by atoms with Crippen LogP contribution in [-0.4, -0.2) is 16.0 Å². The summed E-state index contributed by atoms with van der Waals surface area (Å²) in [5.74, 6) is -0.473. The summed E-state index contributed by atoms with van der Waals surface area (Å²) in [4.78, 5) is 22.1. The Morgan fingerprint density at radius 1 is 1.29 bits per heavy atom. The van der Waals surface area contributed by atoms with Crippen molar-refractivity contribution in [1.29, 1.82) is 0 Å². The van der Waals surface area contributed by atoms with E-state index in [1.54, 1.807) is 24.3 Å². The number of benzene rings is 2. The normalized spacial score (nSPS) is 10.3. The molecule has 0 aromatic heterocycles. The third-order valence-electron chi connectivity index (χ3n) is 2.73. The number of hydrogen-bond donors (Lipinski definition) is 1. The first-order valence-corrected chi connectivity index (χ1v) is 7.65. The van der Waals surface area contributed by atoms with Gasteiger partial charge in [-0.2, -0.15) is 0 Å². The Bertz CT molecular complexity index is 705. The molecule has 0 spiro atoms. The van der Waals surface area contributed by atoms with Gasteiger partial charge in [0.05, 0.1) is 15.0 Å². The molecule has 0 amide bonds. The van der Waals surface area contributed by atoms with Gasteiger partial charge in [-0.3, -0.25) is 10.1 Å². The number of thioether (sulfide) groups is 1. The molecule has 0 saturated carbocycles. The molecule has 0 atom stereocenters. The largest absolute Gasteiger partial charge is 0.478 e. The van der Waals surface area contributed by atoms with E-state index in [1.807, 2.05) is 6.07 Å². The Labute approximate surface area is 133 Å². The minimum Gasteiger partial charge on any atom is -0.478 e. The highest BCUT2D eigenvalue weighted by molar-refractivity contribution is 9.10. The van der Waals surface area contributed by atoms with Crippen molar-refractivity contribution in [3.8, 4) is 0 Å². The highest BCUT2D eigenvalue weighted by Gasteiger charge is 2.14. The molecule has 108 valence electrons. The molecule has 2 aromatic rings. The number of nitro groups is 1. The Morgan fingerprint density at radius 2 is 2.00 bits per heavy atom. The van der Waals surface area contributed by atoms with E-state index in [2.05, 4.69) is 15.9 Å². The topological polar surface area (TPSA) is 80.4 Å². The average Bonchev–Trinajstić information content (AvgIpc) is 2.46. The number of carbonyl (C=O) groups is 1. The maximum absolute atomic E-state index is 10.9. The summed E-state index contributed by atoms with van der Waals surface area (Å²) in [5.41, 5.74) is 1.03. The Morgan fingerprint density at radius 3 is 2.67 bits per heavy atom. The predicted octanol–water partition coefficient (Wildman–Crippen LogP) is 4.35. The van der Waals surface area contributed by atoms with E-state index in [4.69, 9.17) is 5.11 Å². The molecule has 0 aliphatic rings. The van der Waals surface area contributed by atoms with Crippen molar-refractivity contribution in [3.63, 3.8) is 0 Å². The second-order valence-corrected chi connectivity index (χ2v) is 5.97. The minimum absolute atomic E-state index is 0.0207. The zero-order valence-corrected chi connectivity index (χ0v) is 13.1. The summed E-state index contributed by atoms with van der Waals surface area (Å²) >= 11 is 4.67. The van der Waals surface area contributed by atoms with Crippen molar-refractivity contribution in [2.75, 3.05) is 0 Å². The summed E-state index contributed by atoms with van der Waals surface area (Å²) in [6.45, 7) is 0. The van der Waals surface area contributed by atoms with Gasteiger partial charge >= 0.3 is 5.97 Å². The number of aromatic carboxylic acids is 1. The Balaban J connectivity index is 2.17. The first kappa shape index (κ1) is 15.5. The lowest BCUT2D eigenvalue weighted by molar-refractivity contribution is -0.385. The quantitative estimate of drug-likeness (QED) is 0.482. The van der Waals surface area contributed by atoms with E-state index < -0.39 is 10.9 Å². The van der Waals surface area contributed by atoms with Crippen molar-refractivity contribution in [2.45, 2.75) is 10.6 Å². The van der Waals surface area contributed by atoms with E-state index in [1.165, 1.54) is 23.9 Å². The van der Waals surface area contributed by atoms with Crippen LogP contribution < -0.4 is 0 Å². The van der Waals surface area contributed by atoms with Gasteiger partial charge in [-0.25, -0.2) is 4.79 Å². The summed E-state index contributed by atoms with van der Waals surface area (Å²) in [6, 6.07) is 11.4. The third-order valence-corrected chi connectivity index (χ3v) is 4.69. The zero-order valence-electron chi connectivity index (χ0n) is 10.7. The molecule has 0 heterocycles. The van der Waals surface area contributed by atoms with E-state index in [0.717, 1.165) is 10.5 Å². The van der Waals surface area contributed by atoms with Gasteiger partial charge in [0.2, 0.25) is 0 Å². The monoisotopic (exact) mass is 367 g/mol. The van der Waals surface area contributed by atoms with Crippen LogP contribution >= 0.6 is 27.7 Å². The SMILES string of the molecule is O=C(O)c1cccc(SCc2cccc([N+](=O)[O-])c2Br)c1. The number of nitrogens with zero attached hydrogens (tertiary/aromatic N) is 1. The van der Waals surface area contributed by atoms with Gasteiger partial charge in [0.15, 0.2) is 0 Å². The van der Waals surface area contributed by atoms with Crippen LogP contribution in [-0.2, 0) is 5.75 Å². The van der Waals surface area contributed by atoms with Crippen LogP contribution in [0.15, 0.2) is 51.8 Å².